The highest BCUT2D eigenvalue weighted by molar-refractivity contribution is 6.31. The van der Waals surface area contributed by atoms with Gasteiger partial charge in [-0.2, -0.15) is 0 Å². The normalized spacial score (nSPS) is 30.5. The number of ether oxygens (including phenoxy) is 3. The minimum Gasteiger partial charge on any atom is -0.494 e. The van der Waals surface area contributed by atoms with Crippen LogP contribution in [0.3, 0.4) is 0 Å². The molecule has 1 fully saturated rings. The fourth-order valence-corrected chi connectivity index (χ4v) is 3.79. The van der Waals surface area contributed by atoms with Crippen molar-refractivity contribution in [3.8, 4) is 5.75 Å². The van der Waals surface area contributed by atoms with Gasteiger partial charge in [0.1, 0.15) is 30.2 Å². The number of hydrogen-bond donors (Lipinski definition) is 4. The van der Waals surface area contributed by atoms with Crippen molar-refractivity contribution in [2.45, 2.75) is 43.5 Å². The summed E-state index contributed by atoms with van der Waals surface area (Å²) in [7, 11) is 1.29. The molecule has 0 amide bonds. The highest BCUT2D eigenvalue weighted by Gasteiger charge is 2.55. The Balaban J connectivity index is 1.91. The quantitative estimate of drug-likeness (QED) is 0.518. The molecular formula is C22H27ClO7. The third-order valence-corrected chi connectivity index (χ3v) is 5.61. The lowest BCUT2D eigenvalue weighted by Crippen LogP contribution is -2.64. The van der Waals surface area contributed by atoms with E-state index in [1.54, 1.807) is 42.5 Å². The molecule has 30 heavy (non-hydrogen) atoms. The molecule has 2 aromatic carbocycles. The molecule has 0 bridgehead atoms. The maximum atomic E-state index is 10.7. The standard InChI is InChI=1S/C22H27ClO7/c1-3-29-16-7-4-13(5-8-16)10-14-11-15(6-9-17(14)23)22(28-2)21(27)20(26)19(25)18(12-24)30-22/h4-9,11,18-21,24-27H,3,10,12H2,1-2H3/t18-,19-,20+,21-,22?/m1/s1/i3D2. The van der Waals surface area contributed by atoms with Crippen LogP contribution in [0.1, 0.15) is 26.4 Å². The van der Waals surface area contributed by atoms with Gasteiger partial charge in [0.15, 0.2) is 0 Å². The molecule has 1 aliphatic heterocycles. The molecule has 1 heterocycles. The highest BCUT2D eigenvalue weighted by Crippen LogP contribution is 2.40. The van der Waals surface area contributed by atoms with E-state index in [9.17, 15) is 20.4 Å². The zero-order chi connectivity index (χ0) is 23.7. The van der Waals surface area contributed by atoms with E-state index in [2.05, 4.69) is 0 Å². The van der Waals surface area contributed by atoms with Crippen LogP contribution < -0.4 is 4.74 Å². The van der Waals surface area contributed by atoms with Gasteiger partial charge in [0.05, 0.1) is 15.9 Å². The van der Waals surface area contributed by atoms with Gasteiger partial charge in [0, 0.05) is 17.7 Å². The second kappa shape index (κ2) is 9.62. The summed E-state index contributed by atoms with van der Waals surface area (Å²) in [4.78, 5) is 0. The van der Waals surface area contributed by atoms with Gasteiger partial charge in [0.25, 0.3) is 0 Å². The zero-order valence-electron chi connectivity index (χ0n) is 18.7. The molecule has 0 aromatic heterocycles. The molecule has 1 saturated heterocycles. The Labute approximate surface area is 183 Å². The van der Waals surface area contributed by atoms with Gasteiger partial charge in [-0.05, 0) is 48.7 Å². The third-order valence-electron chi connectivity index (χ3n) is 5.24. The number of benzene rings is 2. The first-order valence-electron chi connectivity index (χ1n) is 10.5. The van der Waals surface area contributed by atoms with Crippen LogP contribution in [0.25, 0.3) is 0 Å². The summed E-state index contributed by atoms with van der Waals surface area (Å²) < 4.78 is 31.4. The molecule has 0 radical (unpaired) electrons. The predicted molar refractivity (Wildman–Crippen MR) is 111 cm³/mol. The van der Waals surface area contributed by atoms with Gasteiger partial charge in [-0.3, -0.25) is 0 Å². The fourth-order valence-electron chi connectivity index (χ4n) is 3.61. The summed E-state index contributed by atoms with van der Waals surface area (Å²) in [6.07, 6.45) is -5.48. The molecule has 7 nitrogen and oxygen atoms in total. The van der Waals surface area contributed by atoms with Gasteiger partial charge < -0.3 is 34.6 Å². The summed E-state index contributed by atoms with van der Waals surface area (Å²) in [5.74, 6) is -1.43. The fraction of sp³-hybridized carbons (Fsp3) is 0.455. The molecule has 1 unspecified atom stereocenters. The molecule has 5 atom stereocenters. The molecule has 0 aliphatic carbocycles. The van der Waals surface area contributed by atoms with Gasteiger partial charge in [-0.25, -0.2) is 0 Å². The van der Waals surface area contributed by atoms with E-state index in [0.29, 0.717) is 28.3 Å². The van der Waals surface area contributed by atoms with Crippen molar-refractivity contribution in [3.05, 3.63) is 64.2 Å². The van der Waals surface area contributed by atoms with Crippen molar-refractivity contribution in [2.24, 2.45) is 0 Å². The van der Waals surface area contributed by atoms with Crippen LogP contribution in [0, 0.1) is 0 Å². The molecule has 164 valence electrons. The van der Waals surface area contributed by atoms with Crippen LogP contribution in [0.4, 0.5) is 0 Å². The van der Waals surface area contributed by atoms with E-state index < -0.39 is 43.4 Å². The lowest BCUT2D eigenvalue weighted by molar-refractivity contribution is -0.366. The molecule has 0 saturated carbocycles. The topological polar surface area (TPSA) is 109 Å². The van der Waals surface area contributed by atoms with Crippen molar-refractivity contribution >= 4 is 11.6 Å². The number of methoxy groups -OCH3 is 1. The van der Waals surface area contributed by atoms with Crippen LogP contribution in [-0.2, 0) is 21.7 Å². The largest absolute Gasteiger partial charge is 0.494 e. The first kappa shape index (κ1) is 20.2. The molecule has 1 aliphatic rings. The number of aliphatic hydroxyl groups is 4. The highest BCUT2D eigenvalue weighted by atomic mass is 35.5. The molecular weight excluding hydrogens is 412 g/mol. The van der Waals surface area contributed by atoms with Crippen LogP contribution in [0.2, 0.25) is 5.02 Å². The summed E-state index contributed by atoms with van der Waals surface area (Å²) in [5.41, 5.74) is 1.90. The lowest BCUT2D eigenvalue weighted by Gasteiger charge is -2.47. The molecule has 0 spiro atoms. The number of halogens is 1. The average Bonchev–Trinajstić information content (AvgIpc) is 2.75. The lowest BCUT2D eigenvalue weighted by atomic mass is 9.87. The second-order valence-corrected chi connectivity index (χ2v) is 7.48. The first-order chi connectivity index (χ1) is 15.0. The molecule has 8 heteroatoms. The maximum Gasteiger partial charge on any atom is 0.224 e. The van der Waals surface area contributed by atoms with E-state index in [-0.39, 0.29) is 0 Å². The maximum absolute atomic E-state index is 10.7. The zero-order valence-corrected chi connectivity index (χ0v) is 17.4. The summed E-state index contributed by atoms with van der Waals surface area (Å²) in [6, 6.07) is 11.7. The number of rotatable bonds is 7. The van der Waals surface area contributed by atoms with Crippen molar-refractivity contribution < 1.29 is 37.4 Å². The summed E-state index contributed by atoms with van der Waals surface area (Å²) in [5, 5.41) is 41.0. The van der Waals surface area contributed by atoms with Crippen molar-refractivity contribution in [3.63, 3.8) is 0 Å². The number of aliphatic hydroxyl groups excluding tert-OH is 4. The minimum absolute atomic E-state index is 0.357. The number of hydrogen-bond acceptors (Lipinski definition) is 7. The molecule has 4 N–H and O–H groups in total. The van der Waals surface area contributed by atoms with E-state index in [1.807, 2.05) is 0 Å². The van der Waals surface area contributed by atoms with Crippen LogP contribution in [-0.4, -0.2) is 65.1 Å². The van der Waals surface area contributed by atoms with Crippen molar-refractivity contribution in [2.75, 3.05) is 20.3 Å². The average molecular weight is 441 g/mol. The summed E-state index contributed by atoms with van der Waals surface area (Å²) >= 11 is 6.39. The van der Waals surface area contributed by atoms with Gasteiger partial charge >= 0.3 is 0 Å². The smallest absolute Gasteiger partial charge is 0.224 e. The van der Waals surface area contributed by atoms with Gasteiger partial charge in [-0.1, -0.05) is 29.8 Å². The third kappa shape index (κ3) is 4.33. The van der Waals surface area contributed by atoms with E-state index in [1.165, 1.54) is 14.0 Å². The van der Waals surface area contributed by atoms with E-state index >= 15 is 0 Å². The van der Waals surface area contributed by atoms with Gasteiger partial charge in [-0.15, -0.1) is 0 Å². The Hall–Kier alpha value is -1.71. The van der Waals surface area contributed by atoms with Crippen LogP contribution in [0.15, 0.2) is 42.5 Å². The minimum atomic E-state index is -1.82. The Morgan fingerprint density at radius 1 is 1.13 bits per heavy atom. The van der Waals surface area contributed by atoms with Crippen LogP contribution in [0.5, 0.6) is 5.75 Å². The first-order valence-corrected chi connectivity index (χ1v) is 9.83. The Kier molecular flexibility index (Phi) is 6.48. The Morgan fingerprint density at radius 2 is 1.83 bits per heavy atom. The second-order valence-electron chi connectivity index (χ2n) is 7.07. The van der Waals surface area contributed by atoms with E-state index in [4.69, 9.17) is 28.6 Å². The molecule has 3 rings (SSSR count). The van der Waals surface area contributed by atoms with Crippen molar-refractivity contribution in [1.29, 1.82) is 0 Å². The Bertz CT molecular complexity index is 919. The summed E-state index contributed by atoms with van der Waals surface area (Å²) in [6.45, 7) is -1.06. The monoisotopic (exact) mass is 440 g/mol. The predicted octanol–water partition coefficient (Wildman–Crippen LogP) is 1.60. The SMILES string of the molecule is [2H]C([2H])(C)Oc1ccc(Cc2cc(C3(OC)O[C@H](CO)[C@@H](O)[C@H](O)[C@H]3O)ccc2Cl)cc1. The molecule has 2 aromatic rings. The Morgan fingerprint density at radius 3 is 2.43 bits per heavy atom. The van der Waals surface area contributed by atoms with E-state index in [0.717, 1.165) is 5.56 Å². The van der Waals surface area contributed by atoms with Crippen molar-refractivity contribution in [1.82, 2.24) is 0 Å². The van der Waals surface area contributed by atoms with Gasteiger partial charge in [0.2, 0.25) is 5.79 Å². The van der Waals surface area contributed by atoms with Crippen LogP contribution >= 0.6 is 11.6 Å².